The van der Waals surface area contributed by atoms with Gasteiger partial charge in [-0.25, -0.2) is 8.42 Å². The Morgan fingerprint density at radius 3 is 2.42 bits per heavy atom. The number of nitrogens with zero attached hydrogens (tertiary/aromatic N) is 3. The average molecular weight is 442 g/mol. The van der Waals surface area contributed by atoms with Crippen molar-refractivity contribution in [2.75, 3.05) is 49.1 Å². The molecule has 0 radical (unpaired) electrons. The van der Waals surface area contributed by atoms with Crippen LogP contribution in [0, 0.1) is 6.92 Å². The van der Waals surface area contributed by atoms with E-state index in [-0.39, 0.29) is 17.7 Å². The molecule has 2 aromatic rings. The number of piperazine rings is 1. The van der Waals surface area contributed by atoms with Gasteiger partial charge in [0.2, 0.25) is 5.91 Å². The fourth-order valence-corrected chi connectivity index (χ4v) is 6.29. The van der Waals surface area contributed by atoms with Gasteiger partial charge in [-0.3, -0.25) is 9.69 Å². The predicted octanol–water partition coefficient (Wildman–Crippen LogP) is 2.33. The minimum atomic E-state index is -2.88. The van der Waals surface area contributed by atoms with Crippen molar-refractivity contribution in [3.05, 3.63) is 65.7 Å². The first kappa shape index (κ1) is 21.8. The molecule has 2 aliphatic rings. The van der Waals surface area contributed by atoms with E-state index < -0.39 is 9.84 Å². The van der Waals surface area contributed by atoms with Gasteiger partial charge in [-0.05, 0) is 36.6 Å². The van der Waals surface area contributed by atoms with Gasteiger partial charge in [0.05, 0.1) is 18.1 Å². The number of carbonyl (C=O) groups excluding carboxylic acids is 1. The average Bonchev–Trinajstić information content (AvgIpc) is 3.14. The van der Waals surface area contributed by atoms with Gasteiger partial charge in [0, 0.05) is 44.5 Å². The Kier molecular flexibility index (Phi) is 6.62. The highest BCUT2D eigenvalue weighted by molar-refractivity contribution is 7.91. The molecule has 0 bridgehead atoms. The van der Waals surface area contributed by atoms with Gasteiger partial charge in [-0.2, -0.15) is 0 Å². The Labute approximate surface area is 185 Å². The molecule has 7 heteroatoms. The summed E-state index contributed by atoms with van der Waals surface area (Å²) in [4.78, 5) is 19.5. The van der Waals surface area contributed by atoms with Gasteiger partial charge in [0.1, 0.15) is 0 Å². The van der Waals surface area contributed by atoms with Crippen molar-refractivity contribution < 1.29 is 13.2 Å². The molecule has 2 fully saturated rings. The molecular formula is C24H31N3O3S. The van der Waals surface area contributed by atoms with Crippen molar-refractivity contribution in [2.24, 2.45) is 0 Å². The number of carbonyl (C=O) groups is 1. The third-order valence-electron chi connectivity index (χ3n) is 6.30. The highest BCUT2D eigenvalue weighted by atomic mass is 32.2. The van der Waals surface area contributed by atoms with Crippen LogP contribution in [-0.4, -0.2) is 74.4 Å². The minimum absolute atomic E-state index is 0.115. The van der Waals surface area contributed by atoms with Crippen LogP contribution in [0.5, 0.6) is 0 Å². The van der Waals surface area contributed by atoms with Gasteiger partial charge in [-0.1, -0.05) is 42.5 Å². The van der Waals surface area contributed by atoms with Gasteiger partial charge < -0.3 is 9.80 Å². The summed E-state index contributed by atoms with van der Waals surface area (Å²) in [5.41, 5.74) is 3.39. The molecule has 6 nitrogen and oxygen atoms in total. The number of hydrogen-bond donors (Lipinski definition) is 0. The van der Waals surface area contributed by atoms with E-state index >= 15 is 0 Å². The van der Waals surface area contributed by atoms with Crippen LogP contribution in [0.15, 0.2) is 54.6 Å². The summed E-state index contributed by atoms with van der Waals surface area (Å²) in [6.45, 7) is 5.87. The van der Waals surface area contributed by atoms with E-state index in [2.05, 4.69) is 47.1 Å². The fourth-order valence-electron chi connectivity index (χ4n) is 4.53. The van der Waals surface area contributed by atoms with Crippen LogP contribution in [0.25, 0.3) is 0 Å². The van der Waals surface area contributed by atoms with Gasteiger partial charge in [0.15, 0.2) is 9.84 Å². The maximum atomic E-state index is 13.2. The molecule has 0 saturated carbocycles. The van der Waals surface area contributed by atoms with E-state index in [1.54, 1.807) is 0 Å². The molecule has 166 valence electrons. The Bertz CT molecular complexity index is 1000. The molecule has 4 rings (SSSR count). The third kappa shape index (κ3) is 5.66. The quantitative estimate of drug-likeness (QED) is 0.689. The van der Waals surface area contributed by atoms with Crippen LogP contribution in [0.4, 0.5) is 5.69 Å². The first-order chi connectivity index (χ1) is 14.9. The number of hydrogen-bond acceptors (Lipinski definition) is 5. The van der Waals surface area contributed by atoms with Crippen molar-refractivity contribution in [1.29, 1.82) is 0 Å². The predicted molar refractivity (Wildman–Crippen MR) is 124 cm³/mol. The van der Waals surface area contributed by atoms with E-state index in [9.17, 15) is 13.2 Å². The maximum Gasteiger partial charge on any atom is 0.242 e. The second-order valence-corrected chi connectivity index (χ2v) is 10.9. The van der Waals surface area contributed by atoms with E-state index in [0.29, 0.717) is 38.4 Å². The number of rotatable bonds is 6. The minimum Gasteiger partial charge on any atom is -0.358 e. The summed E-state index contributed by atoms with van der Waals surface area (Å²) in [5.74, 6) is 0.678. The van der Waals surface area contributed by atoms with Crippen molar-refractivity contribution in [3.63, 3.8) is 0 Å². The van der Waals surface area contributed by atoms with Crippen LogP contribution < -0.4 is 4.90 Å². The first-order valence-corrected chi connectivity index (χ1v) is 12.8. The topological polar surface area (TPSA) is 60.9 Å². The maximum absolute atomic E-state index is 13.2. The van der Waals surface area contributed by atoms with E-state index in [1.807, 2.05) is 29.2 Å². The smallest absolute Gasteiger partial charge is 0.242 e. The second-order valence-electron chi connectivity index (χ2n) is 8.65. The number of amides is 1. The molecule has 2 aliphatic heterocycles. The van der Waals surface area contributed by atoms with Crippen LogP contribution in [-0.2, 0) is 21.2 Å². The Hall–Kier alpha value is -2.38. The second kappa shape index (κ2) is 9.40. The lowest BCUT2D eigenvalue weighted by Gasteiger charge is -2.38. The lowest BCUT2D eigenvalue weighted by atomic mass is 10.1. The summed E-state index contributed by atoms with van der Waals surface area (Å²) in [7, 11) is -2.88. The monoisotopic (exact) mass is 441 g/mol. The summed E-state index contributed by atoms with van der Waals surface area (Å²) >= 11 is 0. The standard InChI is InChI=1S/C24H31N3O3S/c1-20-6-5-9-22(16-20)27(17-21-7-3-2-4-8-21)18-24(28)26-13-11-25(12-14-26)23-10-15-31(29,30)19-23/h2-9,16,23H,10-15,17-19H2,1H3/t23-/m1/s1. The number of anilines is 1. The molecule has 2 saturated heterocycles. The molecule has 0 aromatic heterocycles. The van der Waals surface area contributed by atoms with Crippen molar-refractivity contribution >= 4 is 21.4 Å². The summed E-state index contributed by atoms with van der Waals surface area (Å²) < 4.78 is 23.6. The van der Waals surface area contributed by atoms with Gasteiger partial charge in [-0.15, -0.1) is 0 Å². The van der Waals surface area contributed by atoms with Gasteiger partial charge in [0.25, 0.3) is 0 Å². The van der Waals surface area contributed by atoms with Crippen molar-refractivity contribution in [3.8, 4) is 0 Å². The number of sulfone groups is 1. The Morgan fingerprint density at radius 1 is 1.03 bits per heavy atom. The summed E-state index contributed by atoms with van der Waals surface area (Å²) in [6, 6.07) is 18.6. The largest absolute Gasteiger partial charge is 0.358 e. The lowest BCUT2D eigenvalue weighted by Crippen LogP contribution is -2.54. The SMILES string of the molecule is Cc1cccc(N(CC(=O)N2CCN([C@@H]3CCS(=O)(=O)C3)CC2)Cc2ccccc2)c1. The molecular weight excluding hydrogens is 410 g/mol. The number of benzene rings is 2. The molecule has 0 aliphatic carbocycles. The van der Waals surface area contributed by atoms with Crippen LogP contribution >= 0.6 is 0 Å². The lowest BCUT2D eigenvalue weighted by molar-refractivity contribution is -0.131. The van der Waals surface area contributed by atoms with E-state index in [4.69, 9.17) is 0 Å². The number of aryl methyl sites for hydroxylation is 1. The van der Waals surface area contributed by atoms with Crippen LogP contribution in [0.1, 0.15) is 17.5 Å². The van der Waals surface area contributed by atoms with Crippen molar-refractivity contribution in [2.45, 2.75) is 25.9 Å². The highest BCUT2D eigenvalue weighted by Crippen LogP contribution is 2.21. The molecule has 0 spiro atoms. The zero-order valence-corrected chi connectivity index (χ0v) is 18.9. The first-order valence-electron chi connectivity index (χ1n) is 11.0. The van der Waals surface area contributed by atoms with E-state index in [0.717, 1.165) is 18.8 Å². The molecule has 0 unspecified atom stereocenters. The fraction of sp³-hybridized carbons (Fsp3) is 0.458. The zero-order chi connectivity index (χ0) is 21.8. The third-order valence-corrected chi connectivity index (χ3v) is 8.05. The Balaban J connectivity index is 1.39. The molecule has 2 heterocycles. The molecule has 1 amide bonds. The molecule has 31 heavy (non-hydrogen) atoms. The van der Waals surface area contributed by atoms with Crippen molar-refractivity contribution in [1.82, 2.24) is 9.80 Å². The summed E-state index contributed by atoms with van der Waals surface area (Å²) in [5, 5.41) is 0. The Morgan fingerprint density at radius 2 is 1.77 bits per heavy atom. The normalized spacial score (nSPS) is 21.2. The highest BCUT2D eigenvalue weighted by Gasteiger charge is 2.34. The molecule has 0 N–H and O–H groups in total. The molecule has 1 atom stereocenters. The van der Waals surface area contributed by atoms with E-state index in [1.165, 1.54) is 11.1 Å². The summed E-state index contributed by atoms with van der Waals surface area (Å²) in [6.07, 6.45) is 0.717. The van der Waals surface area contributed by atoms with Gasteiger partial charge >= 0.3 is 0 Å². The van der Waals surface area contributed by atoms with Crippen LogP contribution in [0.3, 0.4) is 0 Å². The van der Waals surface area contributed by atoms with Crippen LogP contribution in [0.2, 0.25) is 0 Å². The molecule has 2 aromatic carbocycles. The zero-order valence-electron chi connectivity index (χ0n) is 18.1.